The number of rotatable bonds is 4. The van der Waals surface area contributed by atoms with Gasteiger partial charge >= 0.3 is 6.18 Å². The normalized spacial score (nSPS) is 19.1. The van der Waals surface area contributed by atoms with Gasteiger partial charge in [-0.1, -0.05) is 6.92 Å². The molecule has 1 saturated heterocycles. The van der Waals surface area contributed by atoms with Gasteiger partial charge in [0.05, 0.1) is 0 Å². The van der Waals surface area contributed by atoms with Crippen LogP contribution in [0.2, 0.25) is 0 Å². The van der Waals surface area contributed by atoms with Crippen LogP contribution in [0.5, 0.6) is 0 Å². The Morgan fingerprint density at radius 1 is 1.45 bits per heavy atom. The zero-order chi connectivity index (χ0) is 16.2. The van der Waals surface area contributed by atoms with Crippen molar-refractivity contribution < 1.29 is 18.0 Å². The van der Waals surface area contributed by atoms with E-state index in [9.17, 15) is 18.0 Å². The van der Waals surface area contributed by atoms with E-state index in [1.54, 1.807) is 11.8 Å². The number of nitrogens with one attached hydrogen (secondary N) is 1. The molecule has 0 spiro atoms. The third kappa shape index (κ3) is 4.08. The zero-order valence-electron chi connectivity index (χ0n) is 12.4. The van der Waals surface area contributed by atoms with Crippen molar-refractivity contribution in [3.63, 3.8) is 0 Å². The lowest BCUT2D eigenvalue weighted by molar-refractivity contribution is -0.141. The third-order valence-electron chi connectivity index (χ3n) is 3.69. The summed E-state index contributed by atoms with van der Waals surface area (Å²) in [4.78, 5) is 21.0. The van der Waals surface area contributed by atoms with Crippen LogP contribution in [0.1, 0.15) is 38.3 Å². The predicted octanol–water partition coefficient (Wildman–Crippen LogP) is 2.70. The summed E-state index contributed by atoms with van der Waals surface area (Å²) in [5.41, 5.74) is -0.977. The maximum atomic E-state index is 12.6. The van der Waals surface area contributed by atoms with Crippen molar-refractivity contribution in [1.82, 2.24) is 14.9 Å². The molecule has 1 amide bonds. The van der Waals surface area contributed by atoms with Gasteiger partial charge < -0.3 is 10.2 Å². The number of piperidine rings is 1. The number of hydrogen-bond donors (Lipinski definition) is 1. The number of amides is 1. The van der Waals surface area contributed by atoms with Gasteiger partial charge in [-0.25, -0.2) is 9.97 Å². The summed E-state index contributed by atoms with van der Waals surface area (Å²) in [7, 11) is 0. The van der Waals surface area contributed by atoms with Gasteiger partial charge in [0.15, 0.2) is 0 Å². The van der Waals surface area contributed by atoms with E-state index in [4.69, 9.17) is 0 Å². The first-order chi connectivity index (χ1) is 10.4. The van der Waals surface area contributed by atoms with Crippen LogP contribution in [0.15, 0.2) is 12.3 Å². The van der Waals surface area contributed by atoms with E-state index in [-0.39, 0.29) is 17.9 Å². The highest BCUT2D eigenvalue weighted by atomic mass is 19.4. The van der Waals surface area contributed by atoms with Crippen molar-refractivity contribution in [2.75, 3.05) is 18.4 Å². The van der Waals surface area contributed by atoms with Gasteiger partial charge in [-0.15, -0.1) is 0 Å². The molecule has 0 radical (unpaired) electrons. The number of alkyl halides is 3. The van der Waals surface area contributed by atoms with Gasteiger partial charge in [0, 0.05) is 31.7 Å². The van der Waals surface area contributed by atoms with Crippen LogP contribution in [0.25, 0.3) is 0 Å². The van der Waals surface area contributed by atoms with E-state index in [0.29, 0.717) is 19.5 Å². The first kappa shape index (κ1) is 16.5. The van der Waals surface area contributed by atoms with Gasteiger partial charge in [-0.05, 0) is 25.3 Å². The van der Waals surface area contributed by atoms with Crippen LogP contribution in [-0.4, -0.2) is 39.9 Å². The molecule has 8 heteroatoms. The summed E-state index contributed by atoms with van der Waals surface area (Å²) in [5.74, 6) is 0.000700. The van der Waals surface area contributed by atoms with E-state index in [1.165, 1.54) is 0 Å². The lowest BCUT2D eigenvalue weighted by atomic mass is 10.0. The van der Waals surface area contributed by atoms with Crippen LogP contribution < -0.4 is 5.32 Å². The monoisotopic (exact) mass is 316 g/mol. The molecule has 2 rings (SSSR count). The number of nitrogens with zero attached hydrogens (tertiary/aromatic N) is 3. The largest absolute Gasteiger partial charge is 0.433 e. The summed E-state index contributed by atoms with van der Waals surface area (Å²) < 4.78 is 37.8. The van der Waals surface area contributed by atoms with E-state index in [1.807, 2.05) is 0 Å². The quantitative estimate of drug-likeness (QED) is 0.928. The molecular formula is C14H19F3N4O. The summed E-state index contributed by atoms with van der Waals surface area (Å²) in [6, 6.07) is 0.804. The Balaban J connectivity index is 2.01. The fourth-order valence-electron chi connectivity index (χ4n) is 2.56. The second-order valence-corrected chi connectivity index (χ2v) is 5.23. The summed E-state index contributed by atoms with van der Waals surface area (Å²) in [5, 5.41) is 2.82. The Labute approximate surface area is 126 Å². The molecule has 1 fully saturated rings. The Morgan fingerprint density at radius 2 is 2.23 bits per heavy atom. The van der Waals surface area contributed by atoms with Crippen LogP contribution in [0.3, 0.4) is 0 Å². The highest BCUT2D eigenvalue weighted by molar-refractivity contribution is 5.76. The first-order valence-electron chi connectivity index (χ1n) is 7.35. The molecule has 5 nitrogen and oxygen atoms in total. The Kier molecular flexibility index (Phi) is 5.20. The van der Waals surface area contributed by atoms with E-state index in [2.05, 4.69) is 15.3 Å². The van der Waals surface area contributed by atoms with Crippen molar-refractivity contribution in [2.45, 2.75) is 44.8 Å². The molecule has 122 valence electrons. The molecule has 0 aromatic carbocycles. The number of hydrogen-bond acceptors (Lipinski definition) is 4. The van der Waals surface area contributed by atoms with Gasteiger partial charge in [-0.3, -0.25) is 4.79 Å². The molecule has 0 saturated carbocycles. The third-order valence-corrected chi connectivity index (χ3v) is 3.69. The second kappa shape index (κ2) is 6.93. The second-order valence-electron chi connectivity index (χ2n) is 5.23. The molecule has 2 heterocycles. The fourth-order valence-corrected chi connectivity index (χ4v) is 2.56. The number of aromatic nitrogens is 2. The van der Waals surface area contributed by atoms with Gasteiger partial charge in [0.25, 0.3) is 0 Å². The van der Waals surface area contributed by atoms with Gasteiger partial charge in [-0.2, -0.15) is 13.2 Å². The number of carbonyl (C=O) groups is 1. The molecule has 1 aromatic heterocycles. The maximum Gasteiger partial charge on any atom is 0.433 e. The average Bonchev–Trinajstić information content (AvgIpc) is 2.52. The number of likely N-dealkylation sites (tertiary alicyclic amines) is 1. The standard InChI is InChI=1S/C14H19F3N4O/c1-2-12(22)21-8-4-3-5-10(21)9-19-13-18-7-6-11(20-13)14(15,16)17/h6-7,10H,2-5,8-9H2,1H3,(H,18,19,20)/t10-/m1/s1. The lowest BCUT2D eigenvalue weighted by Crippen LogP contribution is -2.46. The predicted molar refractivity (Wildman–Crippen MR) is 75.2 cm³/mol. The van der Waals surface area contributed by atoms with Crippen LogP contribution >= 0.6 is 0 Å². The van der Waals surface area contributed by atoms with Gasteiger partial charge in [0.1, 0.15) is 5.69 Å². The minimum atomic E-state index is -4.49. The first-order valence-corrected chi connectivity index (χ1v) is 7.35. The number of carbonyl (C=O) groups excluding carboxylic acids is 1. The summed E-state index contributed by atoms with van der Waals surface area (Å²) in [6.07, 6.45) is -0.192. The topological polar surface area (TPSA) is 58.1 Å². The molecule has 0 aliphatic carbocycles. The molecular weight excluding hydrogens is 297 g/mol. The van der Waals surface area contributed by atoms with Crippen molar-refractivity contribution in [3.8, 4) is 0 Å². The van der Waals surface area contributed by atoms with Crippen molar-refractivity contribution in [1.29, 1.82) is 0 Å². The molecule has 1 aromatic rings. The Bertz CT molecular complexity index is 521. The minimum absolute atomic E-state index is 0.0284. The smallest absolute Gasteiger partial charge is 0.352 e. The molecule has 1 aliphatic heterocycles. The maximum absolute atomic E-state index is 12.6. The van der Waals surface area contributed by atoms with E-state index < -0.39 is 11.9 Å². The molecule has 22 heavy (non-hydrogen) atoms. The average molecular weight is 316 g/mol. The fraction of sp³-hybridized carbons (Fsp3) is 0.643. The molecule has 1 N–H and O–H groups in total. The zero-order valence-corrected chi connectivity index (χ0v) is 12.4. The number of anilines is 1. The summed E-state index contributed by atoms with van der Waals surface area (Å²) >= 11 is 0. The van der Waals surface area contributed by atoms with Crippen molar-refractivity contribution in [3.05, 3.63) is 18.0 Å². The summed E-state index contributed by atoms with van der Waals surface area (Å²) in [6.45, 7) is 2.85. The molecule has 1 atom stereocenters. The van der Waals surface area contributed by atoms with Crippen LogP contribution in [0, 0.1) is 0 Å². The van der Waals surface area contributed by atoms with Crippen molar-refractivity contribution in [2.24, 2.45) is 0 Å². The highest BCUT2D eigenvalue weighted by Crippen LogP contribution is 2.27. The van der Waals surface area contributed by atoms with Crippen LogP contribution in [-0.2, 0) is 11.0 Å². The SMILES string of the molecule is CCC(=O)N1CCCC[C@@H]1CNc1nccc(C(F)(F)F)n1. The van der Waals surface area contributed by atoms with E-state index >= 15 is 0 Å². The van der Waals surface area contributed by atoms with Crippen molar-refractivity contribution >= 4 is 11.9 Å². The van der Waals surface area contributed by atoms with Crippen LogP contribution in [0.4, 0.5) is 19.1 Å². The number of halogens is 3. The highest BCUT2D eigenvalue weighted by Gasteiger charge is 2.33. The molecule has 1 aliphatic rings. The molecule has 0 unspecified atom stereocenters. The van der Waals surface area contributed by atoms with Gasteiger partial charge in [0.2, 0.25) is 11.9 Å². The lowest BCUT2D eigenvalue weighted by Gasteiger charge is -2.35. The van der Waals surface area contributed by atoms with E-state index in [0.717, 1.165) is 31.5 Å². The minimum Gasteiger partial charge on any atom is -0.352 e. The Morgan fingerprint density at radius 3 is 2.91 bits per heavy atom. The molecule has 0 bridgehead atoms. The Hall–Kier alpha value is -1.86.